The molecule has 1 fully saturated rings. The molecule has 0 aromatic heterocycles. The standard InChI is InChI=1S/C13H17F3N2O/c14-13(15,16)12-4-3-10(6-9(12)7-17)18-5-1-2-11(18)8-19/h3-4,6,11,19H,1-2,5,7-8,17H2. The van der Waals surface area contributed by atoms with Gasteiger partial charge in [0.15, 0.2) is 0 Å². The zero-order valence-electron chi connectivity index (χ0n) is 10.5. The Labute approximate surface area is 109 Å². The fraction of sp³-hybridized carbons (Fsp3) is 0.538. The van der Waals surface area contributed by atoms with Crippen molar-refractivity contribution in [3.63, 3.8) is 0 Å². The monoisotopic (exact) mass is 274 g/mol. The lowest BCUT2D eigenvalue weighted by atomic mass is 10.1. The molecule has 1 aromatic rings. The molecule has 1 aliphatic rings. The molecule has 0 saturated carbocycles. The summed E-state index contributed by atoms with van der Waals surface area (Å²) in [5.41, 5.74) is 5.52. The molecule has 1 aromatic carbocycles. The normalized spacial score (nSPS) is 20.1. The Morgan fingerprint density at radius 1 is 1.37 bits per heavy atom. The van der Waals surface area contributed by atoms with Crippen molar-refractivity contribution in [1.29, 1.82) is 0 Å². The first kappa shape index (κ1) is 14.1. The van der Waals surface area contributed by atoms with Crippen molar-refractivity contribution < 1.29 is 18.3 Å². The lowest BCUT2D eigenvalue weighted by molar-refractivity contribution is -0.138. The van der Waals surface area contributed by atoms with E-state index in [0.717, 1.165) is 25.5 Å². The summed E-state index contributed by atoms with van der Waals surface area (Å²) in [5.74, 6) is 0. The van der Waals surface area contributed by atoms with Gasteiger partial charge in [0.1, 0.15) is 0 Å². The highest BCUT2D eigenvalue weighted by Crippen LogP contribution is 2.35. The van der Waals surface area contributed by atoms with Crippen LogP contribution in [-0.2, 0) is 12.7 Å². The molecule has 1 aliphatic heterocycles. The first-order valence-electron chi connectivity index (χ1n) is 6.25. The van der Waals surface area contributed by atoms with Gasteiger partial charge in [0.25, 0.3) is 0 Å². The second kappa shape index (κ2) is 5.38. The van der Waals surface area contributed by atoms with Gasteiger partial charge in [-0.25, -0.2) is 0 Å². The maximum Gasteiger partial charge on any atom is 0.416 e. The molecule has 3 N–H and O–H groups in total. The van der Waals surface area contributed by atoms with E-state index < -0.39 is 11.7 Å². The van der Waals surface area contributed by atoms with Gasteiger partial charge in [-0.15, -0.1) is 0 Å². The van der Waals surface area contributed by atoms with Gasteiger partial charge in [-0.3, -0.25) is 0 Å². The van der Waals surface area contributed by atoms with Gasteiger partial charge in [0, 0.05) is 18.8 Å². The molecule has 1 atom stereocenters. The van der Waals surface area contributed by atoms with Crippen LogP contribution in [0.3, 0.4) is 0 Å². The Bertz CT molecular complexity index is 448. The van der Waals surface area contributed by atoms with E-state index in [9.17, 15) is 18.3 Å². The summed E-state index contributed by atoms with van der Waals surface area (Å²) >= 11 is 0. The maximum atomic E-state index is 12.8. The number of hydrogen-bond acceptors (Lipinski definition) is 3. The van der Waals surface area contributed by atoms with Crippen molar-refractivity contribution >= 4 is 5.69 Å². The SMILES string of the molecule is NCc1cc(N2CCCC2CO)ccc1C(F)(F)F. The van der Waals surface area contributed by atoms with Gasteiger partial charge in [-0.05, 0) is 36.6 Å². The van der Waals surface area contributed by atoms with Crippen LogP contribution in [0, 0.1) is 0 Å². The summed E-state index contributed by atoms with van der Waals surface area (Å²) in [5, 5.41) is 9.26. The van der Waals surface area contributed by atoms with Crippen LogP contribution in [0.4, 0.5) is 18.9 Å². The van der Waals surface area contributed by atoms with Gasteiger partial charge >= 0.3 is 6.18 Å². The average Bonchev–Trinajstić information content (AvgIpc) is 2.85. The number of nitrogens with two attached hydrogens (primary N) is 1. The molecule has 0 aliphatic carbocycles. The van der Waals surface area contributed by atoms with E-state index in [-0.39, 0.29) is 24.8 Å². The van der Waals surface area contributed by atoms with Crippen LogP contribution < -0.4 is 10.6 Å². The third-order valence-corrected chi connectivity index (χ3v) is 3.53. The highest BCUT2D eigenvalue weighted by Gasteiger charge is 2.33. The van der Waals surface area contributed by atoms with E-state index in [1.165, 1.54) is 12.1 Å². The molecule has 0 radical (unpaired) electrons. The minimum atomic E-state index is -4.38. The second-order valence-corrected chi connectivity index (χ2v) is 4.72. The smallest absolute Gasteiger partial charge is 0.394 e. The topological polar surface area (TPSA) is 49.5 Å². The number of aliphatic hydroxyl groups excluding tert-OH is 1. The Morgan fingerprint density at radius 3 is 2.68 bits per heavy atom. The summed E-state index contributed by atoms with van der Waals surface area (Å²) in [4.78, 5) is 1.94. The molecule has 19 heavy (non-hydrogen) atoms. The first-order chi connectivity index (χ1) is 8.97. The Hall–Kier alpha value is -1.27. The maximum absolute atomic E-state index is 12.8. The van der Waals surface area contributed by atoms with Crippen molar-refractivity contribution in [1.82, 2.24) is 0 Å². The number of anilines is 1. The van der Waals surface area contributed by atoms with Crippen LogP contribution in [0.2, 0.25) is 0 Å². The van der Waals surface area contributed by atoms with Crippen molar-refractivity contribution in [3.05, 3.63) is 29.3 Å². The summed E-state index contributed by atoms with van der Waals surface area (Å²) in [6.45, 7) is 0.611. The number of aliphatic hydroxyl groups is 1. The quantitative estimate of drug-likeness (QED) is 0.887. The molecule has 1 unspecified atom stereocenters. The predicted octanol–water partition coefficient (Wildman–Crippen LogP) is 2.13. The molecule has 6 heteroatoms. The molecule has 0 amide bonds. The molecule has 2 rings (SSSR count). The van der Waals surface area contributed by atoms with E-state index in [0.29, 0.717) is 5.69 Å². The van der Waals surface area contributed by atoms with Crippen LogP contribution in [0.1, 0.15) is 24.0 Å². The third-order valence-electron chi connectivity index (χ3n) is 3.53. The molecule has 1 saturated heterocycles. The fourth-order valence-corrected chi connectivity index (χ4v) is 2.57. The molecular weight excluding hydrogens is 257 g/mol. The van der Waals surface area contributed by atoms with Gasteiger partial charge in [0.2, 0.25) is 0 Å². The summed E-state index contributed by atoms with van der Waals surface area (Å²) < 4.78 is 38.3. The highest BCUT2D eigenvalue weighted by atomic mass is 19.4. The van der Waals surface area contributed by atoms with Crippen LogP contribution in [0.5, 0.6) is 0 Å². The minimum Gasteiger partial charge on any atom is -0.394 e. The molecular formula is C13H17F3N2O. The highest BCUT2D eigenvalue weighted by molar-refractivity contribution is 5.53. The van der Waals surface area contributed by atoms with Gasteiger partial charge in [-0.1, -0.05) is 0 Å². The number of rotatable bonds is 3. The Kier molecular flexibility index (Phi) is 4.01. The largest absolute Gasteiger partial charge is 0.416 e. The van der Waals surface area contributed by atoms with E-state index in [2.05, 4.69) is 0 Å². The zero-order valence-corrected chi connectivity index (χ0v) is 10.5. The van der Waals surface area contributed by atoms with Crippen LogP contribution in [-0.4, -0.2) is 24.3 Å². The molecule has 1 heterocycles. The van der Waals surface area contributed by atoms with Crippen LogP contribution in [0.25, 0.3) is 0 Å². The number of hydrogen-bond donors (Lipinski definition) is 2. The summed E-state index contributed by atoms with van der Waals surface area (Å²) in [6.07, 6.45) is -2.59. The van der Waals surface area contributed by atoms with Crippen molar-refractivity contribution in [2.24, 2.45) is 5.73 Å². The average molecular weight is 274 g/mol. The zero-order chi connectivity index (χ0) is 14.0. The van der Waals surface area contributed by atoms with Crippen LogP contribution in [0.15, 0.2) is 18.2 Å². The van der Waals surface area contributed by atoms with Gasteiger partial charge in [0.05, 0.1) is 18.2 Å². The summed E-state index contributed by atoms with van der Waals surface area (Å²) in [7, 11) is 0. The lowest BCUT2D eigenvalue weighted by Gasteiger charge is -2.26. The molecule has 3 nitrogen and oxygen atoms in total. The van der Waals surface area contributed by atoms with Crippen molar-refractivity contribution in [2.75, 3.05) is 18.1 Å². The second-order valence-electron chi connectivity index (χ2n) is 4.72. The fourth-order valence-electron chi connectivity index (χ4n) is 2.57. The number of halogens is 3. The Morgan fingerprint density at radius 2 is 2.11 bits per heavy atom. The van der Waals surface area contributed by atoms with E-state index in [1.807, 2.05) is 4.90 Å². The number of nitrogens with zero attached hydrogens (tertiary/aromatic N) is 1. The third kappa shape index (κ3) is 2.84. The molecule has 0 bridgehead atoms. The molecule has 0 spiro atoms. The van der Waals surface area contributed by atoms with E-state index in [1.54, 1.807) is 0 Å². The van der Waals surface area contributed by atoms with Gasteiger partial charge in [-0.2, -0.15) is 13.2 Å². The minimum absolute atomic E-state index is 0.0117. The van der Waals surface area contributed by atoms with Gasteiger partial charge < -0.3 is 15.7 Å². The van der Waals surface area contributed by atoms with Crippen LogP contribution >= 0.6 is 0 Å². The van der Waals surface area contributed by atoms with E-state index >= 15 is 0 Å². The first-order valence-corrected chi connectivity index (χ1v) is 6.25. The van der Waals surface area contributed by atoms with Crippen molar-refractivity contribution in [3.8, 4) is 0 Å². The van der Waals surface area contributed by atoms with Crippen molar-refractivity contribution in [2.45, 2.75) is 31.6 Å². The lowest BCUT2D eigenvalue weighted by Crippen LogP contribution is -2.32. The summed E-state index contributed by atoms with van der Waals surface area (Å²) in [6, 6.07) is 4.00. The van der Waals surface area contributed by atoms with E-state index in [4.69, 9.17) is 5.73 Å². The Balaban J connectivity index is 2.34. The number of benzene rings is 1. The predicted molar refractivity (Wildman–Crippen MR) is 66.8 cm³/mol. The molecule has 106 valence electrons. The number of alkyl halides is 3.